The summed E-state index contributed by atoms with van der Waals surface area (Å²) >= 11 is 5.77. The van der Waals surface area contributed by atoms with E-state index in [-0.39, 0.29) is 5.75 Å². The van der Waals surface area contributed by atoms with E-state index in [1.54, 1.807) is 24.3 Å². The maximum absolute atomic E-state index is 13.3. The summed E-state index contributed by atoms with van der Waals surface area (Å²) in [4.78, 5) is 11.6. The molecule has 1 N–H and O–H groups in total. The van der Waals surface area contributed by atoms with Crippen molar-refractivity contribution in [1.29, 1.82) is 0 Å². The molecule has 20 heavy (non-hydrogen) atoms. The van der Waals surface area contributed by atoms with Gasteiger partial charge in [-0.3, -0.25) is 4.79 Å². The van der Waals surface area contributed by atoms with Crippen LogP contribution in [0.3, 0.4) is 0 Å². The van der Waals surface area contributed by atoms with Crippen LogP contribution in [0.15, 0.2) is 42.5 Å². The fourth-order valence-corrected chi connectivity index (χ4v) is 1.69. The third kappa shape index (κ3) is 3.93. The Morgan fingerprint density at radius 3 is 2.70 bits per heavy atom. The molecule has 0 aliphatic carbocycles. The first-order chi connectivity index (χ1) is 9.54. The van der Waals surface area contributed by atoms with Crippen molar-refractivity contribution in [1.82, 2.24) is 0 Å². The third-order valence-corrected chi connectivity index (χ3v) is 2.60. The van der Waals surface area contributed by atoms with Crippen LogP contribution in [-0.2, 0) is 4.79 Å². The first-order valence-electron chi connectivity index (χ1n) is 5.68. The molecule has 104 valence electrons. The maximum Gasteiger partial charge on any atom is 0.262 e. The van der Waals surface area contributed by atoms with Crippen LogP contribution < -0.4 is 10.1 Å². The second-order valence-corrected chi connectivity index (χ2v) is 4.36. The Morgan fingerprint density at radius 2 is 2.00 bits per heavy atom. The van der Waals surface area contributed by atoms with E-state index in [1.165, 1.54) is 0 Å². The van der Waals surface area contributed by atoms with E-state index in [1.807, 2.05) is 0 Å². The molecule has 0 aliphatic rings. The minimum Gasteiger partial charge on any atom is -0.481 e. The molecule has 6 heteroatoms. The number of nitrogens with one attached hydrogen (secondary N) is 1. The normalized spacial score (nSPS) is 10.2. The zero-order chi connectivity index (χ0) is 14.5. The standard InChI is InChI=1S/C14H10ClF2NO2/c15-9-2-1-3-11(6-9)18-14(19)8-20-13-5-4-10(16)7-12(13)17/h1-7H,8H2,(H,18,19). The first-order valence-corrected chi connectivity index (χ1v) is 6.05. The van der Waals surface area contributed by atoms with Gasteiger partial charge in [-0.1, -0.05) is 17.7 Å². The lowest BCUT2D eigenvalue weighted by Gasteiger charge is -2.08. The fourth-order valence-electron chi connectivity index (χ4n) is 1.50. The number of halogens is 3. The van der Waals surface area contributed by atoms with Gasteiger partial charge in [0.2, 0.25) is 0 Å². The zero-order valence-electron chi connectivity index (χ0n) is 10.2. The summed E-state index contributed by atoms with van der Waals surface area (Å²) < 4.78 is 30.9. The molecule has 2 rings (SSSR count). The molecular formula is C14H10ClF2NO2. The number of amides is 1. The van der Waals surface area contributed by atoms with Gasteiger partial charge in [0.15, 0.2) is 18.2 Å². The molecule has 1 amide bonds. The van der Waals surface area contributed by atoms with Crippen LogP contribution in [0.5, 0.6) is 5.75 Å². The van der Waals surface area contributed by atoms with Gasteiger partial charge in [0.05, 0.1) is 0 Å². The molecule has 0 saturated carbocycles. The number of anilines is 1. The van der Waals surface area contributed by atoms with Crippen LogP contribution >= 0.6 is 11.6 Å². The van der Waals surface area contributed by atoms with Crippen molar-refractivity contribution < 1.29 is 18.3 Å². The van der Waals surface area contributed by atoms with E-state index in [4.69, 9.17) is 16.3 Å². The van der Waals surface area contributed by atoms with Gasteiger partial charge in [0, 0.05) is 16.8 Å². The summed E-state index contributed by atoms with van der Waals surface area (Å²) in [5, 5.41) is 3.02. The molecule has 0 saturated heterocycles. The van der Waals surface area contributed by atoms with Crippen molar-refractivity contribution in [3.05, 3.63) is 59.1 Å². The molecule has 0 fully saturated rings. The highest BCUT2D eigenvalue weighted by molar-refractivity contribution is 6.30. The van der Waals surface area contributed by atoms with Crippen LogP contribution in [0.25, 0.3) is 0 Å². The predicted molar refractivity (Wildman–Crippen MR) is 71.9 cm³/mol. The average Bonchev–Trinajstić information content (AvgIpc) is 2.37. The van der Waals surface area contributed by atoms with E-state index in [2.05, 4.69) is 5.32 Å². The van der Waals surface area contributed by atoms with E-state index in [0.29, 0.717) is 16.8 Å². The van der Waals surface area contributed by atoms with Crippen molar-refractivity contribution in [2.24, 2.45) is 0 Å². The summed E-state index contributed by atoms with van der Waals surface area (Å²) in [6.45, 7) is -0.394. The van der Waals surface area contributed by atoms with E-state index in [9.17, 15) is 13.6 Å². The van der Waals surface area contributed by atoms with Crippen molar-refractivity contribution in [2.45, 2.75) is 0 Å². The lowest BCUT2D eigenvalue weighted by molar-refractivity contribution is -0.118. The molecule has 0 heterocycles. The number of hydrogen-bond donors (Lipinski definition) is 1. The smallest absolute Gasteiger partial charge is 0.262 e. The second kappa shape index (κ2) is 6.34. The number of benzene rings is 2. The van der Waals surface area contributed by atoms with Gasteiger partial charge in [-0.15, -0.1) is 0 Å². The fraction of sp³-hybridized carbons (Fsp3) is 0.0714. The molecular weight excluding hydrogens is 288 g/mol. The summed E-state index contributed by atoms with van der Waals surface area (Å²) in [5.41, 5.74) is 0.505. The Bertz CT molecular complexity index is 634. The molecule has 0 spiro atoms. The van der Waals surface area contributed by atoms with Gasteiger partial charge in [-0.25, -0.2) is 8.78 Å². The third-order valence-electron chi connectivity index (χ3n) is 2.36. The molecule has 0 bridgehead atoms. The van der Waals surface area contributed by atoms with Gasteiger partial charge < -0.3 is 10.1 Å². The molecule has 0 aromatic heterocycles. The highest BCUT2D eigenvalue weighted by Gasteiger charge is 2.08. The lowest BCUT2D eigenvalue weighted by atomic mass is 10.3. The topological polar surface area (TPSA) is 38.3 Å². The predicted octanol–water partition coefficient (Wildman–Crippen LogP) is 3.64. The quantitative estimate of drug-likeness (QED) is 0.936. The number of carbonyl (C=O) groups is 1. The molecule has 0 radical (unpaired) electrons. The first kappa shape index (κ1) is 14.3. The SMILES string of the molecule is O=C(COc1ccc(F)cc1F)Nc1cccc(Cl)c1. The van der Waals surface area contributed by atoms with E-state index < -0.39 is 24.1 Å². The number of ether oxygens (including phenoxy) is 1. The Labute approximate surface area is 119 Å². The monoisotopic (exact) mass is 297 g/mol. The van der Waals surface area contributed by atoms with E-state index in [0.717, 1.165) is 12.1 Å². The molecule has 0 atom stereocenters. The maximum atomic E-state index is 13.3. The molecule has 0 unspecified atom stereocenters. The number of hydrogen-bond acceptors (Lipinski definition) is 2. The lowest BCUT2D eigenvalue weighted by Crippen LogP contribution is -2.20. The van der Waals surface area contributed by atoms with Crippen LogP contribution in [0.1, 0.15) is 0 Å². The van der Waals surface area contributed by atoms with Gasteiger partial charge in [-0.2, -0.15) is 0 Å². The Kier molecular flexibility index (Phi) is 4.53. The van der Waals surface area contributed by atoms with Crippen LogP contribution in [0, 0.1) is 11.6 Å². The largest absolute Gasteiger partial charge is 0.481 e. The van der Waals surface area contributed by atoms with Crippen LogP contribution in [0.4, 0.5) is 14.5 Å². The zero-order valence-corrected chi connectivity index (χ0v) is 11.0. The summed E-state index contributed by atoms with van der Waals surface area (Å²) in [5.74, 6) is -2.23. The number of rotatable bonds is 4. The second-order valence-electron chi connectivity index (χ2n) is 3.92. The van der Waals surface area contributed by atoms with Crippen LogP contribution in [0.2, 0.25) is 5.02 Å². The Morgan fingerprint density at radius 1 is 1.20 bits per heavy atom. The van der Waals surface area contributed by atoms with Crippen molar-refractivity contribution in [2.75, 3.05) is 11.9 Å². The minimum absolute atomic E-state index is 0.187. The average molecular weight is 298 g/mol. The Balaban J connectivity index is 1.92. The van der Waals surface area contributed by atoms with E-state index >= 15 is 0 Å². The summed E-state index contributed by atoms with van der Waals surface area (Å²) in [7, 11) is 0. The molecule has 0 aliphatic heterocycles. The van der Waals surface area contributed by atoms with Gasteiger partial charge in [0.25, 0.3) is 5.91 Å². The van der Waals surface area contributed by atoms with Crippen molar-refractivity contribution in [3.8, 4) is 5.75 Å². The molecule has 2 aromatic rings. The Hall–Kier alpha value is -2.14. The highest BCUT2D eigenvalue weighted by Crippen LogP contribution is 2.18. The summed E-state index contributed by atoms with van der Waals surface area (Å²) in [6.07, 6.45) is 0. The van der Waals surface area contributed by atoms with Gasteiger partial charge >= 0.3 is 0 Å². The highest BCUT2D eigenvalue weighted by atomic mass is 35.5. The molecule has 2 aromatic carbocycles. The summed E-state index contributed by atoms with van der Waals surface area (Å²) in [6, 6.07) is 9.43. The van der Waals surface area contributed by atoms with Crippen LogP contribution in [-0.4, -0.2) is 12.5 Å². The minimum atomic E-state index is -0.861. The van der Waals surface area contributed by atoms with Gasteiger partial charge in [0.1, 0.15) is 5.82 Å². The van der Waals surface area contributed by atoms with Gasteiger partial charge in [-0.05, 0) is 30.3 Å². The van der Waals surface area contributed by atoms with Crippen molar-refractivity contribution >= 4 is 23.2 Å². The number of carbonyl (C=O) groups excluding carboxylic acids is 1. The van der Waals surface area contributed by atoms with Crippen molar-refractivity contribution in [3.63, 3.8) is 0 Å². The molecule has 3 nitrogen and oxygen atoms in total.